The molecule has 1 heterocycles. The molecule has 0 radical (unpaired) electrons. The van der Waals surface area contributed by atoms with Gasteiger partial charge in [-0.05, 0) is 84.3 Å². The summed E-state index contributed by atoms with van der Waals surface area (Å²) >= 11 is 3.41. The molecule has 20 heavy (non-hydrogen) atoms. The number of nitrogens with one attached hydrogen (secondary N) is 1. The number of rotatable bonds is 2. The highest BCUT2D eigenvalue weighted by atomic mass is 79.9. The maximum atomic E-state index is 12.9. The SMILES string of the molecule is O=C(Nc1cccnc1Br)C12CC3CC(CC(C3)C1)C2. The number of halogens is 1. The first-order valence-corrected chi connectivity index (χ1v) is 8.36. The molecule has 1 amide bonds. The zero-order valence-corrected chi connectivity index (χ0v) is 13.0. The molecular formula is C16H19BrN2O. The lowest BCUT2D eigenvalue weighted by molar-refractivity contribution is -0.140. The maximum Gasteiger partial charge on any atom is 0.230 e. The zero-order chi connectivity index (χ0) is 13.7. The summed E-state index contributed by atoms with van der Waals surface area (Å²) in [6, 6.07) is 3.77. The maximum absolute atomic E-state index is 12.9. The lowest BCUT2D eigenvalue weighted by atomic mass is 9.49. The lowest BCUT2D eigenvalue weighted by Crippen LogP contribution is -2.51. The van der Waals surface area contributed by atoms with Crippen molar-refractivity contribution in [2.24, 2.45) is 23.2 Å². The average Bonchev–Trinajstić information content (AvgIpc) is 2.40. The Labute approximate surface area is 127 Å². The van der Waals surface area contributed by atoms with Crippen molar-refractivity contribution in [3.63, 3.8) is 0 Å². The van der Waals surface area contributed by atoms with Crippen LogP contribution in [-0.2, 0) is 4.79 Å². The van der Waals surface area contributed by atoms with E-state index < -0.39 is 0 Å². The van der Waals surface area contributed by atoms with Crippen LogP contribution in [0.5, 0.6) is 0 Å². The quantitative estimate of drug-likeness (QED) is 0.830. The Morgan fingerprint density at radius 2 is 1.80 bits per heavy atom. The van der Waals surface area contributed by atoms with Gasteiger partial charge in [0.25, 0.3) is 0 Å². The van der Waals surface area contributed by atoms with E-state index in [-0.39, 0.29) is 11.3 Å². The van der Waals surface area contributed by atoms with Crippen LogP contribution in [0.15, 0.2) is 22.9 Å². The highest BCUT2D eigenvalue weighted by Crippen LogP contribution is 2.60. The summed E-state index contributed by atoms with van der Waals surface area (Å²) in [7, 11) is 0. The monoisotopic (exact) mass is 334 g/mol. The van der Waals surface area contributed by atoms with E-state index in [4.69, 9.17) is 0 Å². The van der Waals surface area contributed by atoms with Gasteiger partial charge in [-0.3, -0.25) is 4.79 Å². The Kier molecular flexibility index (Phi) is 2.92. The first-order chi connectivity index (χ1) is 9.64. The fourth-order valence-electron chi connectivity index (χ4n) is 5.12. The van der Waals surface area contributed by atoms with Gasteiger partial charge in [-0.2, -0.15) is 0 Å². The minimum Gasteiger partial charge on any atom is -0.323 e. The van der Waals surface area contributed by atoms with Gasteiger partial charge in [-0.25, -0.2) is 4.98 Å². The highest BCUT2D eigenvalue weighted by molar-refractivity contribution is 9.10. The molecule has 0 aromatic carbocycles. The lowest BCUT2D eigenvalue weighted by Gasteiger charge is -2.55. The van der Waals surface area contributed by atoms with Gasteiger partial charge in [-0.1, -0.05) is 0 Å². The third-order valence-electron chi connectivity index (χ3n) is 5.53. The molecule has 4 saturated carbocycles. The predicted octanol–water partition coefficient (Wildman–Crippen LogP) is 4.00. The first-order valence-electron chi connectivity index (χ1n) is 7.57. The summed E-state index contributed by atoms with van der Waals surface area (Å²) in [5, 5.41) is 3.12. The molecule has 0 unspecified atom stereocenters. The summed E-state index contributed by atoms with van der Waals surface area (Å²) in [5.74, 6) is 2.61. The summed E-state index contributed by atoms with van der Waals surface area (Å²) < 4.78 is 0.720. The predicted molar refractivity (Wildman–Crippen MR) is 81.2 cm³/mol. The molecule has 0 spiro atoms. The van der Waals surface area contributed by atoms with Crippen molar-refractivity contribution < 1.29 is 4.79 Å². The number of hydrogen-bond acceptors (Lipinski definition) is 2. The van der Waals surface area contributed by atoms with E-state index in [1.165, 1.54) is 19.3 Å². The molecule has 4 aliphatic rings. The molecule has 1 aromatic rings. The van der Waals surface area contributed by atoms with Gasteiger partial charge in [-0.15, -0.1) is 0 Å². The summed E-state index contributed by atoms with van der Waals surface area (Å²) in [6.45, 7) is 0. The van der Waals surface area contributed by atoms with Crippen molar-refractivity contribution >= 4 is 27.5 Å². The highest BCUT2D eigenvalue weighted by Gasteiger charge is 2.54. The van der Waals surface area contributed by atoms with Gasteiger partial charge in [0.15, 0.2) is 0 Å². The Bertz CT molecular complexity index is 522. The molecule has 3 nitrogen and oxygen atoms in total. The van der Waals surface area contributed by atoms with Gasteiger partial charge in [0.05, 0.1) is 11.1 Å². The van der Waals surface area contributed by atoms with Crippen LogP contribution < -0.4 is 5.32 Å². The zero-order valence-electron chi connectivity index (χ0n) is 11.4. The number of carbonyl (C=O) groups is 1. The molecule has 4 aliphatic carbocycles. The third kappa shape index (κ3) is 2.00. The number of anilines is 1. The molecule has 4 heteroatoms. The van der Waals surface area contributed by atoms with E-state index in [1.54, 1.807) is 6.20 Å². The largest absolute Gasteiger partial charge is 0.323 e. The fourth-order valence-corrected chi connectivity index (χ4v) is 5.47. The third-order valence-corrected chi connectivity index (χ3v) is 6.16. The van der Waals surface area contributed by atoms with Crippen LogP contribution >= 0.6 is 15.9 Å². The second kappa shape index (κ2) is 4.55. The van der Waals surface area contributed by atoms with Crippen LogP contribution in [0.4, 0.5) is 5.69 Å². The van der Waals surface area contributed by atoms with Crippen LogP contribution in [0, 0.1) is 23.2 Å². The van der Waals surface area contributed by atoms with Crippen molar-refractivity contribution in [3.8, 4) is 0 Å². The normalized spacial score (nSPS) is 38.0. The fraction of sp³-hybridized carbons (Fsp3) is 0.625. The van der Waals surface area contributed by atoms with Crippen molar-refractivity contribution in [3.05, 3.63) is 22.9 Å². The molecule has 4 bridgehead atoms. The molecule has 1 aromatic heterocycles. The molecule has 0 aliphatic heterocycles. The Morgan fingerprint density at radius 1 is 1.20 bits per heavy atom. The standard InChI is InChI=1S/C16H19BrN2O/c17-14-13(2-1-3-18-14)19-15(20)16-7-10-4-11(8-16)6-12(5-10)9-16/h1-3,10-12H,4-9H2,(H,19,20). The minimum absolute atomic E-state index is 0.0932. The van der Waals surface area contributed by atoms with Crippen molar-refractivity contribution in [2.45, 2.75) is 38.5 Å². The number of aromatic nitrogens is 1. The van der Waals surface area contributed by atoms with E-state index in [1.807, 2.05) is 12.1 Å². The van der Waals surface area contributed by atoms with E-state index in [2.05, 4.69) is 26.2 Å². The number of pyridine rings is 1. The molecule has 4 fully saturated rings. The van der Waals surface area contributed by atoms with Crippen molar-refractivity contribution in [1.29, 1.82) is 0 Å². The smallest absolute Gasteiger partial charge is 0.230 e. The Hall–Kier alpha value is -0.900. The van der Waals surface area contributed by atoms with Crippen LogP contribution in [0.25, 0.3) is 0 Å². The molecule has 0 saturated heterocycles. The summed E-state index contributed by atoms with van der Waals surface area (Å²) in [5.41, 5.74) is 0.706. The Balaban J connectivity index is 1.58. The topological polar surface area (TPSA) is 42.0 Å². The van der Waals surface area contributed by atoms with Crippen LogP contribution in [0.1, 0.15) is 38.5 Å². The van der Waals surface area contributed by atoms with E-state index in [0.29, 0.717) is 0 Å². The minimum atomic E-state index is -0.0932. The van der Waals surface area contributed by atoms with Crippen molar-refractivity contribution in [2.75, 3.05) is 5.32 Å². The second-order valence-electron chi connectivity index (χ2n) is 6.99. The number of nitrogens with zero attached hydrogens (tertiary/aromatic N) is 1. The van der Waals surface area contributed by atoms with Gasteiger partial charge in [0.1, 0.15) is 4.60 Å². The van der Waals surface area contributed by atoms with E-state index in [9.17, 15) is 4.79 Å². The molecule has 5 rings (SSSR count). The molecule has 106 valence electrons. The second-order valence-corrected chi connectivity index (χ2v) is 7.74. The number of hydrogen-bond donors (Lipinski definition) is 1. The summed E-state index contributed by atoms with van der Waals surface area (Å²) in [4.78, 5) is 17.0. The van der Waals surface area contributed by atoms with Gasteiger partial charge in [0.2, 0.25) is 5.91 Å². The van der Waals surface area contributed by atoms with Crippen molar-refractivity contribution in [1.82, 2.24) is 4.98 Å². The van der Waals surface area contributed by atoms with Crippen LogP contribution in [-0.4, -0.2) is 10.9 Å². The molecule has 0 atom stereocenters. The number of amides is 1. The average molecular weight is 335 g/mol. The summed E-state index contributed by atoms with van der Waals surface area (Å²) in [6.07, 6.45) is 9.12. The van der Waals surface area contributed by atoms with Gasteiger partial charge < -0.3 is 5.32 Å². The molecule has 1 N–H and O–H groups in total. The molecular weight excluding hydrogens is 316 g/mol. The van der Waals surface area contributed by atoms with Crippen LogP contribution in [0.2, 0.25) is 0 Å². The van der Waals surface area contributed by atoms with E-state index >= 15 is 0 Å². The van der Waals surface area contributed by atoms with E-state index in [0.717, 1.165) is 47.3 Å². The number of carbonyl (C=O) groups excluding carboxylic acids is 1. The van der Waals surface area contributed by atoms with Crippen LogP contribution in [0.3, 0.4) is 0 Å². The first kappa shape index (κ1) is 12.8. The van der Waals surface area contributed by atoms with Gasteiger partial charge in [0, 0.05) is 6.20 Å². The Morgan fingerprint density at radius 3 is 2.35 bits per heavy atom. The van der Waals surface area contributed by atoms with Gasteiger partial charge >= 0.3 is 0 Å².